The van der Waals surface area contributed by atoms with Crippen molar-refractivity contribution in [2.75, 3.05) is 33.2 Å². The van der Waals surface area contributed by atoms with Crippen LogP contribution in [0.25, 0.3) is 0 Å². The maximum Gasteiger partial charge on any atom is 0.0270 e. The molecule has 0 aromatic carbocycles. The summed E-state index contributed by atoms with van der Waals surface area (Å²) < 4.78 is 0. The molecule has 0 saturated carbocycles. The average Bonchev–Trinajstić information content (AvgIpc) is 2.74. The minimum atomic E-state index is 0.817. The summed E-state index contributed by atoms with van der Waals surface area (Å²) in [6, 6.07) is 4.21. The monoisotopic (exact) mass is 233 g/mol. The molecular formula is C14H23N3. The van der Waals surface area contributed by atoms with E-state index in [1.165, 1.54) is 25.2 Å². The molecule has 1 aliphatic rings. The first-order valence-electron chi connectivity index (χ1n) is 6.54. The molecule has 1 saturated heterocycles. The molecule has 1 aromatic heterocycles. The van der Waals surface area contributed by atoms with Crippen LogP contribution in [0.3, 0.4) is 0 Å². The lowest BCUT2D eigenvalue weighted by atomic mass is 9.97. The van der Waals surface area contributed by atoms with Crippen LogP contribution in [0.4, 0.5) is 0 Å². The highest BCUT2D eigenvalue weighted by Gasteiger charge is 2.23. The van der Waals surface area contributed by atoms with Gasteiger partial charge in [-0.2, -0.15) is 0 Å². The highest BCUT2D eigenvalue weighted by Crippen LogP contribution is 2.16. The number of likely N-dealkylation sites (N-methyl/N-ethyl adjacent to an activating group) is 1. The van der Waals surface area contributed by atoms with Crippen molar-refractivity contribution >= 4 is 0 Å². The van der Waals surface area contributed by atoms with Crippen molar-refractivity contribution in [3.05, 3.63) is 30.1 Å². The quantitative estimate of drug-likeness (QED) is 0.833. The van der Waals surface area contributed by atoms with Crippen LogP contribution in [-0.2, 0) is 6.42 Å². The molecule has 0 aliphatic carbocycles. The first-order valence-corrected chi connectivity index (χ1v) is 6.54. The molecule has 94 valence electrons. The zero-order valence-corrected chi connectivity index (χ0v) is 10.9. The van der Waals surface area contributed by atoms with Crippen molar-refractivity contribution in [3.8, 4) is 0 Å². The standard InChI is InChI=1S/C14H23N3/c1-12-9-16-10-14(12)11-17(2)8-5-13-3-6-15-7-4-13/h3-4,6-7,12,14,16H,5,8-11H2,1-2H3. The third kappa shape index (κ3) is 3.79. The Kier molecular flexibility index (Phi) is 4.51. The Hall–Kier alpha value is -0.930. The van der Waals surface area contributed by atoms with Crippen molar-refractivity contribution in [1.82, 2.24) is 15.2 Å². The molecule has 2 rings (SSSR count). The van der Waals surface area contributed by atoms with E-state index in [-0.39, 0.29) is 0 Å². The third-order valence-corrected chi connectivity index (χ3v) is 3.76. The zero-order chi connectivity index (χ0) is 12.1. The lowest BCUT2D eigenvalue weighted by Crippen LogP contribution is -2.30. The second kappa shape index (κ2) is 6.12. The fraction of sp³-hybridized carbons (Fsp3) is 0.643. The molecule has 1 aliphatic heterocycles. The molecule has 17 heavy (non-hydrogen) atoms. The molecular weight excluding hydrogens is 210 g/mol. The molecule has 1 aromatic rings. The lowest BCUT2D eigenvalue weighted by Gasteiger charge is -2.23. The molecule has 0 spiro atoms. The van der Waals surface area contributed by atoms with E-state index < -0.39 is 0 Å². The van der Waals surface area contributed by atoms with E-state index in [0.717, 1.165) is 24.8 Å². The van der Waals surface area contributed by atoms with Gasteiger partial charge in [0.05, 0.1) is 0 Å². The van der Waals surface area contributed by atoms with Gasteiger partial charge in [-0.25, -0.2) is 0 Å². The number of rotatable bonds is 5. The molecule has 0 radical (unpaired) electrons. The van der Waals surface area contributed by atoms with Crippen LogP contribution < -0.4 is 5.32 Å². The smallest absolute Gasteiger partial charge is 0.0270 e. The van der Waals surface area contributed by atoms with Crippen LogP contribution in [0.15, 0.2) is 24.5 Å². The Labute approximate surface area is 104 Å². The zero-order valence-electron chi connectivity index (χ0n) is 10.9. The van der Waals surface area contributed by atoms with Gasteiger partial charge in [0, 0.05) is 25.5 Å². The van der Waals surface area contributed by atoms with Crippen molar-refractivity contribution in [2.45, 2.75) is 13.3 Å². The largest absolute Gasteiger partial charge is 0.316 e. The molecule has 0 bridgehead atoms. The van der Waals surface area contributed by atoms with Gasteiger partial charge >= 0.3 is 0 Å². The second-order valence-corrected chi connectivity index (χ2v) is 5.26. The highest BCUT2D eigenvalue weighted by atomic mass is 15.1. The Morgan fingerprint density at radius 1 is 1.35 bits per heavy atom. The van der Waals surface area contributed by atoms with E-state index in [1.54, 1.807) is 0 Å². The maximum atomic E-state index is 4.04. The Morgan fingerprint density at radius 3 is 2.76 bits per heavy atom. The number of hydrogen-bond donors (Lipinski definition) is 1. The molecule has 1 N–H and O–H groups in total. The van der Waals surface area contributed by atoms with E-state index in [1.807, 2.05) is 12.4 Å². The van der Waals surface area contributed by atoms with Gasteiger partial charge in [-0.15, -0.1) is 0 Å². The van der Waals surface area contributed by atoms with Gasteiger partial charge in [0.2, 0.25) is 0 Å². The van der Waals surface area contributed by atoms with E-state index in [0.29, 0.717) is 0 Å². The molecule has 0 amide bonds. The summed E-state index contributed by atoms with van der Waals surface area (Å²) in [6.07, 6.45) is 4.87. The number of nitrogens with one attached hydrogen (secondary N) is 1. The summed E-state index contributed by atoms with van der Waals surface area (Å²) in [4.78, 5) is 6.50. The molecule has 2 atom stereocenters. The fourth-order valence-electron chi connectivity index (χ4n) is 2.47. The summed E-state index contributed by atoms with van der Waals surface area (Å²) in [7, 11) is 2.23. The summed E-state index contributed by atoms with van der Waals surface area (Å²) in [6.45, 7) is 7.05. The minimum Gasteiger partial charge on any atom is -0.316 e. The fourth-order valence-corrected chi connectivity index (χ4v) is 2.47. The van der Waals surface area contributed by atoms with E-state index in [4.69, 9.17) is 0 Å². The van der Waals surface area contributed by atoms with Crippen LogP contribution in [0.2, 0.25) is 0 Å². The van der Waals surface area contributed by atoms with Crippen LogP contribution in [0, 0.1) is 11.8 Å². The minimum absolute atomic E-state index is 0.817. The lowest BCUT2D eigenvalue weighted by molar-refractivity contribution is 0.261. The van der Waals surface area contributed by atoms with Gasteiger partial charge < -0.3 is 10.2 Å². The Morgan fingerprint density at radius 2 is 2.12 bits per heavy atom. The van der Waals surface area contributed by atoms with E-state index >= 15 is 0 Å². The van der Waals surface area contributed by atoms with Gasteiger partial charge in [0.15, 0.2) is 0 Å². The molecule has 3 heteroatoms. The van der Waals surface area contributed by atoms with Crippen molar-refractivity contribution < 1.29 is 0 Å². The summed E-state index contributed by atoms with van der Waals surface area (Å²) in [5, 5.41) is 3.47. The number of hydrogen-bond acceptors (Lipinski definition) is 3. The van der Waals surface area contributed by atoms with E-state index in [2.05, 4.69) is 41.3 Å². The van der Waals surface area contributed by atoms with Crippen molar-refractivity contribution in [2.24, 2.45) is 11.8 Å². The Balaban J connectivity index is 1.72. The first-order chi connectivity index (χ1) is 8.25. The number of nitrogens with zero attached hydrogens (tertiary/aromatic N) is 2. The summed E-state index contributed by atoms with van der Waals surface area (Å²) in [5.41, 5.74) is 1.38. The topological polar surface area (TPSA) is 28.2 Å². The van der Waals surface area contributed by atoms with Gasteiger partial charge in [-0.3, -0.25) is 4.98 Å². The van der Waals surface area contributed by atoms with Crippen molar-refractivity contribution in [3.63, 3.8) is 0 Å². The molecule has 3 nitrogen and oxygen atoms in total. The maximum absolute atomic E-state index is 4.04. The second-order valence-electron chi connectivity index (χ2n) is 5.26. The van der Waals surface area contributed by atoms with Crippen molar-refractivity contribution in [1.29, 1.82) is 0 Å². The van der Waals surface area contributed by atoms with Gasteiger partial charge in [-0.05, 0) is 56.1 Å². The van der Waals surface area contributed by atoms with Gasteiger partial charge in [0.1, 0.15) is 0 Å². The predicted molar refractivity (Wildman–Crippen MR) is 71.0 cm³/mol. The Bertz CT molecular complexity index is 325. The highest BCUT2D eigenvalue weighted by molar-refractivity contribution is 5.09. The average molecular weight is 233 g/mol. The number of pyridine rings is 1. The van der Waals surface area contributed by atoms with Crippen LogP contribution >= 0.6 is 0 Å². The first kappa shape index (κ1) is 12.5. The van der Waals surface area contributed by atoms with E-state index in [9.17, 15) is 0 Å². The van der Waals surface area contributed by atoms with Gasteiger partial charge in [-0.1, -0.05) is 6.92 Å². The molecule has 2 heterocycles. The van der Waals surface area contributed by atoms with Crippen LogP contribution in [-0.4, -0.2) is 43.1 Å². The van der Waals surface area contributed by atoms with Crippen LogP contribution in [0.5, 0.6) is 0 Å². The third-order valence-electron chi connectivity index (χ3n) is 3.76. The number of aromatic nitrogens is 1. The summed E-state index contributed by atoms with van der Waals surface area (Å²) >= 11 is 0. The normalized spacial score (nSPS) is 24.4. The molecule has 1 fully saturated rings. The molecule has 2 unspecified atom stereocenters. The summed E-state index contributed by atoms with van der Waals surface area (Å²) in [5.74, 6) is 1.64. The SMILES string of the molecule is CC1CNCC1CN(C)CCc1ccncc1. The van der Waals surface area contributed by atoms with Gasteiger partial charge in [0.25, 0.3) is 0 Å². The van der Waals surface area contributed by atoms with Crippen LogP contribution in [0.1, 0.15) is 12.5 Å². The predicted octanol–water partition coefficient (Wildman–Crippen LogP) is 1.41.